The molecule has 1 aliphatic rings. The van der Waals surface area contributed by atoms with Gasteiger partial charge in [0.25, 0.3) is 0 Å². The number of nitrogens with one attached hydrogen (secondary N) is 1. The average Bonchev–Trinajstić information content (AvgIpc) is 2.66. The second-order valence-electron chi connectivity index (χ2n) is 5.74. The third-order valence-electron chi connectivity index (χ3n) is 3.88. The average molecular weight is 246 g/mol. The summed E-state index contributed by atoms with van der Waals surface area (Å²) in [5.74, 6) is 0. The Kier molecular flexibility index (Phi) is 4.28. The number of hydrogen-bond donors (Lipinski definition) is 1. The maximum atomic E-state index is 3.25. The van der Waals surface area contributed by atoms with Crippen LogP contribution in [0.3, 0.4) is 0 Å². The summed E-state index contributed by atoms with van der Waals surface area (Å²) >= 11 is 0. The molecule has 0 saturated heterocycles. The molecule has 2 heteroatoms. The minimum atomic E-state index is 0.591. The molecule has 1 aromatic rings. The predicted octanol–water partition coefficient (Wildman–Crippen LogP) is 3.13. The Morgan fingerprint density at radius 3 is 2.83 bits per heavy atom. The Hall–Kier alpha value is -1.02. The maximum absolute atomic E-state index is 3.25. The van der Waals surface area contributed by atoms with Crippen LogP contribution in [-0.2, 0) is 6.42 Å². The van der Waals surface area contributed by atoms with Gasteiger partial charge in [-0.2, -0.15) is 0 Å². The second kappa shape index (κ2) is 5.75. The van der Waals surface area contributed by atoms with E-state index in [0.29, 0.717) is 12.1 Å². The molecular formula is C16H26N2. The number of nitrogens with zero attached hydrogens (tertiary/aromatic N) is 1. The molecule has 0 amide bonds. The third kappa shape index (κ3) is 2.69. The summed E-state index contributed by atoms with van der Waals surface area (Å²) in [6.07, 6.45) is 3.77. The van der Waals surface area contributed by atoms with Crippen LogP contribution in [0.5, 0.6) is 0 Å². The highest BCUT2D eigenvalue weighted by Gasteiger charge is 2.30. The van der Waals surface area contributed by atoms with Gasteiger partial charge in [-0.05, 0) is 65.3 Å². The lowest BCUT2D eigenvalue weighted by Crippen LogP contribution is -2.38. The molecule has 1 heterocycles. The third-order valence-corrected chi connectivity index (χ3v) is 3.88. The molecule has 0 bridgehead atoms. The topological polar surface area (TPSA) is 15.3 Å². The minimum Gasteiger partial charge on any atom is -0.366 e. The van der Waals surface area contributed by atoms with Crippen LogP contribution < -0.4 is 10.2 Å². The van der Waals surface area contributed by atoms with Gasteiger partial charge in [0.1, 0.15) is 0 Å². The van der Waals surface area contributed by atoms with Gasteiger partial charge in [0, 0.05) is 17.8 Å². The molecule has 2 nitrogen and oxygen atoms in total. The molecule has 1 unspecified atom stereocenters. The monoisotopic (exact) mass is 246 g/mol. The lowest BCUT2D eigenvalue weighted by Gasteiger charge is -2.31. The van der Waals surface area contributed by atoms with Crippen molar-refractivity contribution in [1.29, 1.82) is 0 Å². The van der Waals surface area contributed by atoms with E-state index in [9.17, 15) is 0 Å². The van der Waals surface area contributed by atoms with Gasteiger partial charge < -0.3 is 10.2 Å². The molecule has 2 rings (SSSR count). The summed E-state index contributed by atoms with van der Waals surface area (Å²) < 4.78 is 0. The van der Waals surface area contributed by atoms with Crippen molar-refractivity contribution in [2.24, 2.45) is 0 Å². The molecule has 1 aliphatic heterocycles. The highest BCUT2D eigenvalue weighted by atomic mass is 15.2. The fourth-order valence-corrected chi connectivity index (χ4v) is 3.13. The van der Waals surface area contributed by atoms with Crippen molar-refractivity contribution in [3.8, 4) is 0 Å². The summed E-state index contributed by atoms with van der Waals surface area (Å²) in [6.45, 7) is 7.92. The summed E-state index contributed by atoms with van der Waals surface area (Å²) in [6, 6.07) is 8.19. The second-order valence-corrected chi connectivity index (χ2v) is 5.74. The van der Waals surface area contributed by atoms with Gasteiger partial charge in [-0.3, -0.25) is 0 Å². The van der Waals surface area contributed by atoms with Crippen molar-refractivity contribution in [3.05, 3.63) is 29.3 Å². The van der Waals surface area contributed by atoms with E-state index < -0.39 is 0 Å². The fourth-order valence-electron chi connectivity index (χ4n) is 3.13. The number of rotatable bonds is 5. The first-order valence-corrected chi connectivity index (χ1v) is 7.16. The standard InChI is InChI=1S/C16H26N2/c1-12(2)18-15(6-5-9-17-4)11-14-10-13(3)7-8-16(14)18/h7-8,10,12,15,17H,5-6,9,11H2,1-4H3. The summed E-state index contributed by atoms with van der Waals surface area (Å²) in [7, 11) is 2.03. The van der Waals surface area contributed by atoms with Crippen LogP contribution in [0.25, 0.3) is 0 Å². The molecule has 100 valence electrons. The van der Waals surface area contributed by atoms with Gasteiger partial charge >= 0.3 is 0 Å². The van der Waals surface area contributed by atoms with Crippen molar-refractivity contribution < 1.29 is 0 Å². The van der Waals surface area contributed by atoms with E-state index in [2.05, 4.69) is 49.2 Å². The van der Waals surface area contributed by atoms with Gasteiger partial charge in [-0.15, -0.1) is 0 Å². The van der Waals surface area contributed by atoms with E-state index in [1.165, 1.54) is 36.1 Å². The lowest BCUT2D eigenvalue weighted by molar-refractivity contribution is 0.513. The van der Waals surface area contributed by atoms with E-state index in [1.807, 2.05) is 7.05 Å². The highest BCUT2D eigenvalue weighted by Crippen LogP contribution is 2.36. The van der Waals surface area contributed by atoms with E-state index >= 15 is 0 Å². The molecule has 0 fully saturated rings. The van der Waals surface area contributed by atoms with E-state index in [-0.39, 0.29) is 0 Å². The lowest BCUT2D eigenvalue weighted by atomic mass is 10.0. The minimum absolute atomic E-state index is 0.591. The number of anilines is 1. The molecule has 0 aromatic heterocycles. The molecular weight excluding hydrogens is 220 g/mol. The van der Waals surface area contributed by atoms with Gasteiger partial charge in [-0.25, -0.2) is 0 Å². The Bertz CT molecular complexity index is 398. The zero-order chi connectivity index (χ0) is 13.1. The zero-order valence-corrected chi connectivity index (χ0v) is 12.2. The predicted molar refractivity (Wildman–Crippen MR) is 79.4 cm³/mol. The Labute approximate surface area is 111 Å². The molecule has 1 atom stereocenters. The first kappa shape index (κ1) is 13.4. The molecule has 18 heavy (non-hydrogen) atoms. The first-order valence-electron chi connectivity index (χ1n) is 7.16. The largest absolute Gasteiger partial charge is 0.366 e. The van der Waals surface area contributed by atoms with Crippen molar-refractivity contribution in [3.63, 3.8) is 0 Å². The van der Waals surface area contributed by atoms with Crippen molar-refractivity contribution in [2.75, 3.05) is 18.5 Å². The van der Waals surface area contributed by atoms with Crippen LogP contribution in [0.15, 0.2) is 18.2 Å². The first-order chi connectivity index (χ1) is 8.63. The zero-order valence-electron chi connectivity index (χ0n) is 12.2. The van der Waals surface area contributed by atoms with Gasteiger partial charge in [0.05, 0.1) is 0 Å². The van der Waals surface area contributed by atoms with Crippen LogP contribution >= 0.6 is 0 Å². The van der Waals surface area contributed by atoms with Crippen LogP contribution in [0.1, 0.15) is 37.8 Å². The number of aryl methyl sites for hydroxylation is 1. The van der Waals surface area contributed by atoms with Crippen LogP contribution in [-0.4, -0.2) is 25.7 Å². The van der Waals surface area contributed by atoms with Crippen LogP contribution in [0.4, 0.5) is 5.69 Å². The van der Waals surface area contributed by atoms with Crippen molar-refractivity contribution in [1.82, 2.24) is 5.32 Å². The Morgan fingerprint density at radius 2 is 2.17 bits per heavy atom. The van der Waals surface area contributed by atoms with Crippen molar-refractivity contribution in [2.45, 2.75) is 52.1 Å². The highest BCUT2D eigenvalue weighted by molar-refractivity contribution is 5.61. The summed E-state index contributed by atoms with van der Waals surface area (Å²) in [5, 5.41) is 3.25. The maximum Gasteiger partial charge on any atom is 0.0404 e. The van der Waals surface area contributed by atoms with Gasteiger partial charge in [-0.1, -0.05) is 17.7 Å². The molecule has 0 aliphatic carbocycles. The normalized spacial score (nSPS) is 18.5. The molecule has 1 N–H and O–H groups in total. The van der Waals surface area contributed by atoms with Gasteiger partial charge in [0.15, 0.2) is 0 Å². The summed E-state index contributed by atoms with van der Waals surface area (Å²) in [5.41, 5.74) is 4.39. The fraction of sp³-hybridized carbons (Fsp3) is 0.625. The number of fused-ring (bicyclic) bond motifs is 1. The molecule has 1 aromatic carbocycles. The smallest absolute Gasteiger partial charge is 0.0404 e. The molecule has 0 radical (unpaired) electrons. The Morgan fingerprint density at radius 1 is 1.39 bits per heavy atom. The quantitative estimate of drug-likeness (QED) is 0.803. The van der Waals surface area contributed by atoms with Crippen molar-refractivity contribution >= 4 is 5.69 Å². The SMILES string of the molecule is CNCCCC1Cc2cc(C)ccc2N1C(C)C. The van der Waals surface area contributed by atoms with E-state index in [0.717, 1.165) is 6.54 Å². The molecule has 0 saturated carbocycles. The molecule has 0 spiro atoms. The number of hydrogen-bond acceptors (Lipinski definition) is 2. The Balaban J connectivity index is 2.15. The van der Waals surface area contributed by atoms with Gasteiger partial charge in [0.2, 0.25) is 0 Å². The van der Waals surface area contributed by atoms with Crippen LogP contribution in [0, 0.1) is 6.92 Å². The van der Waals surface area contributed by atoms with E-state index in [1.54, 1.807) is 0 Å². The summed E-state index contributed by atoms with van der Waals surface area (Å²) in [4.78, 5) is 2.62. The van der Waals surface area contributed by atoms with Crippen LogP contribution in [0.2, 0.25) is 0 Å². The number of benzene rings is 1. The van der Waals surface area contributed by atoms with E-state index in [4.69, 9.17) is 0 Å².